The van der Waals surface area contributed by atoms with E-state index in [1.54, 1.807) is 18.2 Å². The molecule has 4 rings (SSSR count). The van der Waals surface area contributed by atoms with Crippen molar-refractivity contribution in [2.45, 2.75) is 26.2 Å². The largest absolute Gasteiger partial charge is 0.486 e. The van der Waals surface area contributed by atoms with Crippen molar-refractivity contribution in [3.63, 3.8) is 0 Å². The van der Waals surface area contributed by atoms with Gasteiger partial charge in [0, 0.05) is 6.54 Å². The summed E-state index contributed by atoms with van der Waals surface area (Å²) in [6, 6.07) is 17.8. The molecular weight excluding hydrogens is 402 g/mol. The van der Waals surface area contributed by atoms with Crippen molar-refractivity contribution >= 4 is 11.9 Å². The zero-order valence-corrected chi connectivity index (χ0v) is 16.8. The molecule has 2 aromatic carbocycles. The lowest BCUT2D eigenvalue weighted by atomic mass is 10.2. The number of esters is 1. The lowest BCUT2D eigenvalue weighted by Gasteiger charge is -2.13. The fourth-order valence-electron chi connectivity index (χ4n) is 2.89. The van der Waals surface area contributed by atoms with Gasteiger partial charge in [0.15, 0.2) is 17.6 Å². The van der Waals surface area contributed by atoms with Gasteiger partial charge in [-0.05, 0) is 48.9 Å². The molecule has 8 heteroatoms. The molecule has 0 saturated heterocycles. The van der Waals surface area contributed by atoms with E-state index in [2.05, 4.69) is 5.32 Å². The van der Waals surface area contributed by atoms with Gasteiger partial charge in [-0.15, -0.1) is 0 Å². The van der Waals surface area contributed by atoms with Crippen molar-refractivity contribution in [1.29, 1.82) is 0 Å². The second kappa shape index (κ2) is 9.25. The normalized spacial score (nSPS) is 12.8. The van der Waals surface area contributed by atoms with Crippen LogP contribution in [0.4, 0.5) is 0 Å². The van der Waals surface area contributed by atoms with Crippen LogP contribution in [0.2, 0.25) is 0 Å². The predicted molar refractivity (Wildman–Crippen MR) is 109 cm³/mol. The first-order valence-corrected chi connectivity index (χ1v) is 9.72. The molecule has 1 aliphatic heterocycles. The van der Waals surface area contributed by atoms with E-state index < -0.39 is 18.0 Å². The van der Waals surface area contributed by atoms with E-state index in [9.17, 15) is 9.59 Å². The highest BCUT2D eigenvalue weighted by atomic mass is 16.7. The number of furan rings is 1. The number of amides is 1. The van der Waals surface area contributed by atoms with E-state index in [-0.39, 0.29) is 25.7 Å². The molecule has 31 heavy (non-hydrogen) atoms. The zero-order chi connectivity index (χ0) is 21.6. The van der Waals surface area contributed by atoms with Gasteiger partial charge in [0.25, 0.3) is 5.91 Å². The van der Waals surface area contributed by atoms with Gasteiger partial charge < -0.3 is 28.7 Å². The molecule has 1 amide bonds. The van der Waals surface area contributed by atoms with E-state index in [1.165, 1.54) is 13.0 Å². The fourth-order valence-corrected chi connectivity index (χ4v) is 2.89. The first kappa shape index (κ1) is 20.3. The standard InChI is InChI=1S/C23H21NO7/c1-15(22(25)24-12-16-7-9-19-21(11-16)29-14-28-19)30-23(26)20-10-8-18(31-20)13-27-17-5-3-2-4-6-17/h2-11,15H,12-14H2,1H3,(H,24,25). The number of para-hydroxylation sites is 1. The van der Waals surface area contributed by atoms with Crippen LogP contribution in [0.1, 0.15) is 28.8 Å². The average molecular weight is 423 g/mol. The van der Waals surface area contributed by atoms with Crippen LogP contribution in [-0.2, 0) is 22.7 Å². The third kappa shape index (κ3) is 5.16. The fraction of sp³-hybridized carbons (Fsp3) is 0.217. The van der Waals surface area contributed by atoms with Gasteiger partial charge >= 0.3 is 5.97 Å². The van der Waals surface area contributed by atoms with Gasteiger partial charge in [-0.1, -0.05) is 24.3 Å². The van der Waals surface area contributed by atoms with Crippen LogP contribution in [0.5, 0.6) is 17.2 Å². The van der Waals surface area contributed by atoms with Crippen molar-refractivity contribution < 1.29 is 33.0 Å². The number of rotatable bonds is 8. The zero-order valence-electron chi connectivity index (χ0n) is 16.8. The first-order valence-electron chi connectivity index (χ1n) is 9.72. The summed E-state index contributed by atoms with van der Waals surface area (Å²) < 4.78 is 26.8. The molecule has 1 unspecified atom stereocenters. The molecule has 3 aromatic rings. The predicted octanol–water partition coefficient (Wildman–Crippen LogP) is 3.45. The van der Waals surface area contributed by atoms with Crippen LogP contribution < -0.4 is 19.5 Å². The minimum atomic E-state index is -0.990. The Labute approximate surface area is 178 Å². The quantitative estimate of drug-likeness (QED) is 0.555. The summed E-state index contributed by atoms with van der Waals surface area (Å²) in [6.45, 7) is 2.11. The SMILES string of the molecule is CC(OC(=O)c1ccc(COc2ccccc2)o1)C(=O)NCc1ccc2c(c1)OCO2. The molecule has 0 bridgehead atoms. The topological polar surface area (TPSA) is 96.2 Å². The number of benzene rings is 2. The van der Waals surface area contributed by atoms with Crippen LogP contribution in [-0.4, -0.2) is 24.8 Å². The molecule has 0 aliphatic carbocycles. The second-order valence-electron chi connectivity index (χ2n) is 6.82. The van der Waals surface area contributed by atoms with Gasteiger partial charge in [0.2, 0.25) is 12.6 Å². The third-order valence-electron chi connectivity index (χ3n) is 4.54. The van der Waals surface area contributed by atoms with E-state index in [0.29, 0.717) is 23.0 Å². The Bertz CT molecular complexity index is 1060. The van der Waals surface area contributed by atoms with Gasteiger partial charge in [0.1, 0.15) is 18.1 Å². The molecule has 0 fully saturated rings. The second-order valence-corrected chi connectivity index (χ2v) is 6.82. The number of ether oxygens (including phenoxy) is 4. The minimum Gasteiger partial charge on any atom is -0.486 e. The number of carbonyl (C=O) groups is 2. The Morgan fingerprint density at radius 3 is 2.68 bits per heavy atom. The Kier molecular flexibility index (Phi) is 6.07. The molecule has 1 aliphatic rings. The van der Waals surface area contributed by atoms with E-state index in [1.807, 2.05) is 36.4 Å². The van der Waals surface area contributed by atoms with E-state index in [4.69, 9.17) is 23.4 Å². The van der Waals surface area contributed by atoms with Crippen LogP contribution >= 0.6 is 0 Å². The number of fused-ring (bicyclic) bond motifs is 1. The molecular formula is C23H21NO7. The molecule has 1 aromatic heterocycles. The lowest BCUT2D eigenvalue weighted by molar-refractivity contribution is -0.129. The molecule has 0 spiro atoms. The average Bonchev–Trinajstić information content (AvgIpc) is 3.46. The molecule has 2 heterocycles. The van der Waals surface area contributed by atoms with Crippen molar-refractivity contribution in [3.8, 4) is 17.2 Å². The van der Waals surface area contributed by atoms with Crippen LogP contribution in [0.3, 0.4) is 0 Å². The van der Waals surface area contributed by atoms with Crippen molar-refractivity contribution in [2.24, 2.45) is 0 Å². The van der Waals surface area contributed by atoms with Gasteiger partial charge in [-0.2, -0.15) is 0 Å². The maximum absolute atomic E-state index is 12.3. The molecule has 0 radical (unpaired) electrons. The van der Waals surface area contributed by atoms with Crippen LogP contribution in [0.15, 0.2) is 65.1 Å². The Balaban J connectivity index is 1.25. The lowest BCUT2D eigenvalue weighted by Crippen LogP contribution is -2.35. The number of hydrogen-bond donors (Lipinski definition) is 1. The Morgan fingerprint density at radius 1 is 1.03 bits per heavy atom. The number of carbonyl (C=O) groups excluding carboxylic acids is 2. The van der Waals surface area contributed by atoms with Crippen molar-refractivity contribution in [3.05, 3.63) is 77.7 Å². The Hall–Kier alpha value is -3.94. The highest BCUT2D eigenvalue weighted by Gasteiger charge is 2.21. The summed E-state index contributed by atoms with van der Waals surface area (Å²) in [5, 5.41) is 2.73. The summed E-state index contributed by atoms with van der Waals surface area (Å²) in [4.78, 5) is 24.6. The van der Waals surface area contributed by atoms with Crippen molar-refractivity contribution in [1.82, 2.24) is 5.32 Å². The maximum Gasteiger partial charge on any atom is 0.375 e. The summed E-state index contributed by atoms with van der Waals surface area (Å²) in [5.74, 6) is 1.32. The minimum absolute atomic E-state index is 0.00193. The van der Waals surface area contributed by atoms with Crippen molar-refractivity contribution in [2.75, 3.05) is 6.79 Å². The molecule has 160 valence electrons. The smallest absolute Gasteiger partial charge is 0.375 e. The number of nitrogens with one attached hydrogen (secondary N) is 1. The summed E-state index contributed by atoms with van der Waals surface area (Å²) in [7, 11) is 0. The first-order chi connectivity index (χ1) is 15.1. The Morgan fingerprint density at radius 2 is 1.84 bits per heavy atom. The van der Waals surface area contributed by atoms with E-state index >= 15 is 0 Å². The van der Waals surface area contributed by atoms with E-state index in [0.717, 1.165) is 5.56 Å². The highest BCUT2D eigenvalue weighted by molar-refractivity contribution is 5.90. The maximum atomic E-state index is 12.3. The summed E-state index contributed by atoms with van der Waals surface area (Å²) in [6.07, 6.45) is -0.990. The van der Waals surface area contributed by atoms with Gasteiger partial charge in [-0.3, -0.25) is 4.79 Å². The monoisotopic (exact) mass is 423 g/mol. The van der Waals surface area contributed by atoms with Gasteiger partial charge in [0.05, 0.1) is 0 Å². The number of hydrogen-bond acceptors (Lipinski definition) is 7. The van der Waals surface area contributed by atoms with Gasteiger partial charge in [-0.25, -0.2) is 4.79 Å². The molecule has 8 nitrogen and oxygen atoms in total. The third-order valence-corrected chi connectivity index (χ3v) is 4.54. The van der Waals surface area contributed by atoms with Crippen LogP contribution in [0.25, 0.3) is 0 Å². The highest BCUT2D eigenvalue weighted by Crippen LogP contribution is 2.32. The molecule has 0 saturated carbocycles. The molecule has 1 N–H and O–H groups in total. The van der Waals surface area contributed by atoms with Crippen LogP contribution in [0, 0.1) is 0 Å². The summed E-state index contributed by atoms with van der Waals surface area (Å²) in [5.41, 5.74) is 0.838. The molecule has 1 atom stereocenters. The summed E-state index contributed by atoms with van der Waals surface area (Å²) >= 11 is 0.